The molecule has 1 aliphatic rings. The highest BCUT2D eigenvalue weighted by Gasteiger charge is 2.14. The molecular weight excluding hydrogens is 162 g/mol. The van der Waals surface area contributed by atoms with Crippen molar-refractivity contribution in [1.29, 1.82) is 0 Å². The highest BCUT2D eigenvalue weighted by atomic mass is 32.2. The maximum Gasteiger partial charge on any atom is 0.402 e. The Kier molecular flexibility index (Phi) is 2.38. The second-order valence-electron chi connectivity index (χ2n) is 1.89. The van der Waals surface area contributed by atoms with Crippen LogP contribution in [0.25, 0.3) is 0 Å². The molecule has 1 aliphatic heterocycles. The molecule has 0 aromatic heterocycles. The minimum absolute atomic E-state index is 1.33. The van der Waals surface area contributed by atoms with Crippen LogP contribution in [-0.2, 0) is 0 Å². The third kappa shape index (κ3) is 2.95. The van der Waals surface area contributed by atoms with E-state index >= 15 is 0 Å². The molecule has 1 amide bonds. The van der Waals surface area contributed by atoms with Gasteiger partial charge in [0.2, 0.25) is 0 Å². The van der Waals surface area contributed by atoms with Gasteiger partial charge in [-0.15, -0.1) is 0 Å². The normalized spacial score (nSPS) is 10.5. The van der Waals surface area contributed by atoms with Crippen LogP contribution in [0.1, 0.15) is 0 Å². The van der Waals surface area contributed by atoms with Gasteiger partial charge >= 0.3 is 6.09 Å². The zero-order chi connectivity index (χ0) is 8.27. The predicted molar refractivity (Wildman–Crippen MR) is 42.8 cm³/mol. The molecular formula is C7H7NO2S. The highest BCUT2D eigenvalue weighted by molar-refractivity contribution is 8.04. The van der Waals surface area contributed by atoms with Crippen LogP contribution >= 0.6 is 11.8 Å². The number of hydrogen-bond donors (Lipinski definition) is 2. The van der Waals surface area contributed by atoms with E-state index in [4.69, 9.17) is 9.90 Å². The molecule has 2 rings (SSSR count). The van der Waals surface area contributed by atoms with Gasteiger partial charge in [0.1, 0.15) is 0 Å². The fraction of sp³-hybridized carbons (Fsp3) is 0. The monoisotopic (exact) mass is 169 g/mol. The lowest BCUT2D eigenvalue weighted by molar-refractivity contribution is 0.205. The lowest BCUT2D eigenvalue weighted by Gasteiger charge is -1.66. The summed E-state index contributed by atoms with van der Waals surface area (Å²) < 4.78 is 0. The third-order valence-electron chi connectivity index (χ3n) is 1.03. The minimum Gasteiger partial charge on any atom is -0.465 e. The van der Waals surface area contributed by atoms with Crippen LogP contribution in [0.2, 0.25) is 0 Å². The summed E-state index contributed by atoms with van der Waals surface area (Å²) in [5, 5.41) is 7.19. The van der Waals surface area contributed by atoms with Crippen molar-refractivity contribution < 1.29 is 9.90 Å². The molecule has 0 fully saturated rings. The third-order valence-corrected chi connectivity index (χ3v) is 1.98. The Hall–Kier alpha value is -1.16. The van der Waals surface area contributed by atoms with Gasteiger partial charge in [-0.3, -0.25) is 0 Å². The first kappa shape index (κ1) is 7.94. The molecule has 4 heteroatoms. The molecule has 0 saturated carbocycles. The first-order valence-electron chi connectivity index (χ1n) is 2.95. The van der Waals surface area contributed by atoms with E-state index in [1.165, 1.54) is 9.79 Å². The number of nitrogens with two attached hydrogens (primary N) is 1. The molecule has 1 heterocycles. The van der Waals surface area contributed by atoms with Crippen LogP contribution in [0.4, 0.5) is 4.79 Å². The lowest BCUT2D eigenvalue weighted by Crippen LogP contribution is -2.03. The smallest absolute Gasteiger partial charge is 0.402 e. The highest BCUT2D eigenvalue weighted by Crippen LogP contribution is 2.47. The van der Waals surface area contributed by atoms with E-state index in [1.54, 1.807) is 0 Å². The summed E-state index contributed by atoms with van der Waals surface area (Å²) in [5.41, 5.74) is 4.03. The molecule has 3 N–H and O–H groups in total. The van der Waals surface area contributed by atoms with Gasteiger partial charge < -0.3 is 10.8 Å². The zero-order valence-corrected chi connectivity index (χ0v) is 6.47. The molecule has 0 atom stereocenters. The van der Waals surface area contributed by atoms with Crippen LogP contribution in [0.15, 0.2) is 34.1 Å². The zero-order valence-electron chi connectivity index (χ0n) is 5.65. The molecule has 0 spiro atoms. The Labute approximate surface area is 68.2 Å². The van der Waals surface area contributed by atoms with Crippen molar-refractivity contribution in [1.82, 2.24) is 0 Å². The summed E-state index contributed by atoms with van der Waals surface area (Å²) >= 11 is 1.86. The number of carboxylic acid groups (broad SMARTS) is 1. The number of hydrogen-bond acceptors (Lipinski definition) is 2. The van der Waals surface area contributed by atoms with Gasteiger partial charge in [-0.25, -0.2) is 4.79 Å². The molecule has 0 unspecified atom stereocenters. The minimum atomic E-state index is -1.33. The van der Waals surface area contributed by atoms with Crippen molar-refractivity contribution in [2.24, 2.45) is 5.73 Å². The number of rotatable bonds is 0. The van der Waals surface area contributed by atoms with E-state index in [-0.39, 0.29) is 0 Å². The van der Waals surface area contributed by atoms with Crippen LogP contribution in [0.5, 0.6) is 0 Å². The van der Waals surface area contributed by atoms with Crippen molar-refractivity contribution in [3.8, 4) is 0 Å². The van der Waals surface area contributed by atoms with Gasteiger partial charge in [-0.05, 0) is 12.1 Å². The number of primary amides is 1. The van der Waals surface area contributed by atoms with Crippen LogP contribution in [0.3, 0.4) is 0 Å². The quantitative estimate of drug-likeness (QED) is 0.591. The number of carbonyl (C=O) groups is 1. The molecule has 1 aromatic rings. The molecule has 1 aromatic carbocycles. The summed E-state index contributed by atoms with van der Waals surface area (Å²) in [6.45, 7) is 0. The van der Waals surface area contributed by atoms with Gasteiger partial charge in [0, 0.05) is 9.79 Å². The number of benzene rings is 1. The summed E-state index contributed by atoms with van der Waals surface area (Å²) in [6, 6.07) is 8.41. The SMILES string of the molecule is NC(=O)O.c1ccc2c(c1)S2. The van der Waals surface area contributed by atoms with Gasteiger partial charge in [0.15, 0.2) is 0 Å². The van der Waals surface area contributed by atoms with Crippen LogP contribution in [0, 0.1) is 0 Å². The van der Waals surface area contributed by atoms with E-state index in [1.807, 2.05) is 11.8 Å². The Morgan fingerprint density at radius 3 is 2.00 bits per heavy atom. The van der Waals surface area contributed by atoms with E-state index in [0.717, 1.165) is 0 Å². The number of fused-ring (bicyclic) bond motifs is 1. The molecule has 0 saturated heterocycles. The molecule has 3 nitrogen and oxygen atoms in total. The Balaban J connectivity index is 0.000000134. The van der Waals surface area contributed by atoms with Crippen molar-refractivity contribution >= 4 is 17.9 Å². The van der Waals surface area contributed by atoms with E-state index < -0.39 is 6.09 Å². The Morgan fingerprint density at radius 2 is 1.73 bits per heavy atom. The van der Waals surface area contributed by atoms with Gasteiger partial charge in [-0.2, -0.15) is 0 Å². The topological polar surface area (TPSA) is 63.3 Å². The van der Waals surface area contributed by atoms with Gasteiger partial charge in [0.05, 0.1) is 0 Å². The average Bonchev–Trinajstić information content (AvgIpc) is 2.62. The molecule has 0 aliphatic carbocycles. The van der Waals surface area contributed by atoms with Crippen LogP contribution in [-0.4, -0.2) is 11.2 Å². The largest absolute Gasteiger partial charge is 0.465 e. The van der Waals surface area contributed by atoms with Gasteiger partial charge in [-0.1, -0.05) is 23.9 Å². The van der Waals surface area contributed by atoms with Crippen molar-refractivity contribution in [3.05, 3.63) is 24.3 Å². The fourth-order valence-corrected chi connectivity index (χ4v) is 1.23. The summed E-state index contributed by atoms with van der Waals surface area (Å²) in [7, 11) is 0. The number of amides is 1. The Bertz CT molecular complexity index is 250. The molecule has 0 radical (unpaired) electrons. The predicted octanol–water partition coefficient (Wildman–Crippen LogP) is 1.77. The first-order chi connectivity index (χ1) is 5.20. The van der Waals surface area contributed by atoms with Crippen molar-refractivity contribution in [2.45, 2.75) is 9.79 Å². The first-order valence-corrected chi connectivity index (χ1v) is 3.77. The fourth-order valence-electron chi connectivity index (χ4n) is 0.611. The Morgan fingerprint density at radius 1 is 1.36 bits per heavy atom. The standard InChI is InChI=1S/C6H4S.CH3NO2/c1-2-4-6-5(3-1)7-6;2-1(3)4/h1-4H;2H2,(H,3,4). The second kappa shape index (κ2) is 3.30. The van der Waals surface area contributed by atoms with Gasteiger partial charge in [0.25, 0.3) is 0 Å². The van der Waals surface area contributed by atoms with Crippen molar-refractivity contribution in [2.75, 3.05) is 0 Å². The van der Waals surface area contributed by atoms with Crippen molar-refractivity contribution in [3.63, 3.8) is 0 Å². The van der Waals surface area contributed by atoms with E-state index in [0.29, 0.717) is 0 Å². The van der Waals surface area contributed by atoms with Crippen LogP contribution < -0.4 is 5.73 Å². The maximum absolute atomic E-state index is 8.78. The lowest BCUT2D eigenvalue weighted by atomic mass is 10.4. The molecule has 0 bridgehead atoms. The maximum atomic E-state index is 8.78. The summed E-state index contributed by atoms with van der Waals surface area (Å²) in [6.07, 6.45) is -1.33. The summed E-state index contributed by atoms with van der Waals surface area (Å²) in [5.74, 6) is 0. The molecule has 11 heavy (non-hydrogen) atoms. The summed E-state index contributed by atoms with van der Waals surface area (Å²) in [4.78, 5) is 11.7. The average molecular weight is 169 g/mol. The van der Waals surface area contributed by atoms with E-state index in [2.05, 4.69) is 30.0 Å². The second-order valence-corrected chi connectivity index (χ2v) is 2.97. The van der Waals surface area contributed by atoms with E-state index in [9.17, 15) is 0 Å². The molecule has 58 valence electrons.